The van der Waals surface area contributed by atoms with Gasteiger partial charge in [0.25, 0.3) is 0 Å². The van der Waals surface area contributed by atoms with Gasteiger partial charge in [-0.05, 0) is 38.0 Å². The van der Waals surface area contributed by atoms with Crippen LogP contribution < -0.4 is 10.1 Å². The van der Waals surface area contributed by atoms with Crippen LogP contribution in [0, 0.1) is 13.8 Å². The predicted molar refractivity (Wildman–Crippen MR) is 94.8 cm³/mol. The molecule has 2 aromatic rings. The Hall–Kier alpha value is -2.83. The molecule has 140 valence electrons. The third-order valence-corrected chi connectivity index (χ3v) is 4.24. The van der Waals surface area contributed by atoms with Gasteiger partial charge in [-0.15, -0.1) is 0 Å². The van der Waals surface area contributed by atoms with Crippen LogP contribution >= 0.6 is 0 Å². The number of aromatic nitrogens is 1. The van der Waals surface area contributed by atoms with Crippen LogP contribution in [0.5, 0.6) is 5.75 Å². The molecule has 1 aromatic carbocycles. The Balaban J connectivity index is 2.04. The molecule has 1 aromatic heterocycles. The maximum absolute atomic E-state index is 12.4. The summed E-state index contributed by atoms with van der Waals surface area (Å²) in [5.74, 6) is 0.874. The summed E-state index contributed by atoms with van der Waals surface area (Å²) < 4.78 is 15.0. The Morgan fingerprint density at radius 2 is 1.88 bits per heavy atom. The van der Waals surface area contributed by atoms with Crippen molar-refractivity contribution in [3.8, 4) is 5.75 Å². The third-order valence-electron chi connectivity index (χ3n) is 4.24. The van der Waals surface area contributed by atoms with Crippen LogP contribution in [0.3, 0.4) is 0 Å². The Morgan fingerprint density at radius 3 is 2.42 bits per heavy atom. The molecule has 0 radical (unpaired) electrons. The van der Waals surface area contributed by atoms with Crippen molar-refractivity contribution < 1.29 is 23.6 Å². The summed E-state index contributed by atoms with van der Waals surface area (Å²) >= 11 is 0. The summed E-state index contributed by atoms with van der Waals surface area (Å²) in [7, 11) is 2.91. The maximum Gasteiger partial charge on any atom is 0.307 e. The zero-order valence-electron chi connectivity index (χ0n) is 15.5. The van der Waals surface area contributed by atoms with E-state index in [1.165, 1.54) is 7.11 Å². The van der Waals surface area contributed by atoms with Gasteiger partial charge in [-0.25, -0.2) is 0 Å². The highest BCUT2D eigenvalue weighted by molar-refractivity contribution is 5.78. The average molecular weight is 360 g/mol. The molecule has 0 fully saturated rings. The van der Waals surface area contributed by atoms with E-state index in [1.807, 2.05) is 26.0 Å². The van der Waals surface area contributed by atoms with Crippen molar-refractivity contribution >= 4 is 11.9 Å². The SMILES string of the molecule is COC(=O)CC(NC(=O)CCc1c(C)noc1C)c1ccc(OC)cc1. The van der Waals surface area contributed by atoms with Crippen LogP contribution in [0.25, 0.3) is 0 Å². The molecule has 26 heavy (non-hydrogen) atoms. The number of hydrogen-bond acceptors (Lipinski definition) is 6. The monoisotopic (exact) mass is 360 g/mol. The minimum Gasteiger partial charge on any atom is -0.497 e. The molecule has 0 aliphatic carbocycles. The number of carbonyl (C=O) groups is 2. The molecule has 0 saturated carbocycles. The first-order valence-electron chi connectivity index (χ1n) is 8.36. The lowest BCUT2D eigenvalue weighted by atomic mass is 10.0. The van der Waals surface area contributed by atoms with Gasteiger partial charge in [-0.2, -0.15) is 0 Å². The molecular formula is C19H24N2O5. The van der Waals surface area contributed by atoms with Crippen molar-refractivity contribution in [1.29, 1.82) is 0 Å². The average Bonchev–Trinajstić information content (AvgIpc) is 2.97. The number of nitrogens with one attached hydrogen (secondary N) is 1. The van der Waals surface area contributed by atoms with E-state index in [0.717, 1.165) is 22.6 Å². The fraction of sp³-hybridized carbons (Fsp3) is 0.421. The first-order chi connectivity index (χ1) is 12.4. The number of hydrogen-bond donors (Lipinski definition) is 1. The van der Waals surface area contributed by atoms with Crippen molar-refractivity contribution in [2.24, 2.45) is 0 Å². The second kappa shape index (κ2) is 9.03. The number of aryl methyl sites for hydroxylation is 2. The molecule has 1 unspecified atom stereocenters. The van der Waals surface area contributed by atoms with Gasteiger partial charge in [0.15, 0.2) is 0 Å². The summed E-state index contributed by atoms with van der Waals surface area (Å²) in [5, 5.41) is 6.80. The van der Waals surface area contributed by atoms with Crippen LogP contribution in [-0.4, -0.2) is 31.3 Å². The van der Waals surface area contributed by atoms with E-state index in [9.17, 15) is 9.59 Å². The fourth-order valence-electron chi connectivity index (χ4n) is 2.70. The van der Waals surface area contributed by atoms with Crippen LogP contribution in [0.15, 0.2) is 28.8 Å². The molecule has 7 heteroatoms. The number of benzene rings is 1. The molecule has 1 N–H and O–H groups in total. The van der Waals surface area contributed by atoms with Gasteiger partial charge >= 0.3 is 5.97 Å². The maximum atomic E-state index is 12.4. The summed E-state index contributed by atoms with van der Waals surface area (Å²) in [5.41, 5.74) is 2.53. The minimum absolute atomic E-state index is 0.0554. The number of esters is 1. The van der Waals surface area contributed by atoms with E-state index in [-0.39, 0.29) is 18.7 Å². The molecule has 1 atom stereocenters. The molecule has 0 spiro atoms. The quantitative estimate of drug-likeness (QED) is 0.728. The number of carbonyl (C=O) groups excluding carboxylic acids is 2. The van der Waals surface area contributed by atoms with Gasteiger partial charge in [0, 0.05) is 12.0 Å². The Bertz CT molecular complexity index is 732. The minimum atomic E-state index is -0.467. The lowest BCUT2D eigenvalue weighted by molar-refractivity contribution is -0.141. The van der Waals surface area contributed by atoms with Crippen molar-refractivity contribution in [2.45, 2.75) is 39.2 Å². The molecule has 0 aliphatic rings. The lowest BCUT2D eigenvalue weighted by Gasteiger charge is -2.18. The Kier molecular flexibility index (Phi) is 6.77. The molecule has 1 heterocycles. The summed E-state index contributed by atoms with van der Waals surface area (Å²) in [6.45, 7) is 3.67. The zero-order valence-corrected chi connectivity index (χ0v) is 15.5. The Labute approximate surface area is 152 Å². The van der Waals surface area contributed by atoms with Gasteiger partial charge in [0.2, 0.25) is 5.91 Å². The highest BCUT2D eigenvalue weighted by Gasteiger charge is 2.20. The first kappa shape index (κ1) is 19.5. The number of amides is 1. The zero-order chi connectivity index (χ0) is 19.1. The molecule has 0 aliphatic heterocycles. The molecule has 1 amide bonds. The predicted octanol–water partition coefficient (Wildman–Crippen LogP) is 2.65. The van der Waals surface area contributed by atoms with E-state index in [4.69, 9.17) is 14.0 Å². The smallest absolute Gasteiger partial charge is 0.307 e. The number of rotatable bonds is 8. The van der Waals surface area contributed by atoms with Gasteiger partial charge in [-0.3, -0.25) is 9.59 Å². The van der Waals surface area contributed by atoms with Crippen molar-refractivity contribution in [2.75, 3.05) is 14.2 Å². The van der Waals surface area contributed by atoms with Crippen LogP contribution in [0.4, 0.5) is 0 Å². The second-order valence-electron chi connectivity index (χ2n) is 5.98. The molecule has 2 rings (SSSR count). The third kappa shape index (κ3) is 5.08. The topological polar surface area (TPSA) is 90.7 Å². The summed E-state index contributed by atoms with van der Waals surface area (Å²) in [6, 6.07) is 6.75. The van der Waals surface area contributed by atoms with Crippen LogP contribution in [0.1, 0.15) is 41.5 Å². The number of ether oxygens (including phenoxy) is 2. The van der Waals surface area contributed by atoms with E-state index in [1.54, 1.807) is 19.2 Å². The molecule has 0 saturated heterocycles. The van der Waals surface area contributed by atoms with Crippen LogP contribution in [-0.2, 0) is 20.7 Å². The molecular weight excluding hydrogens is 336 g/mol. The van der Waals surface area contributed by atoms with Crippen LogP contribution in [0.2, 0.25) is 0 Å². The largest absolute Gasteiger partial charge is 0.497 e. The fourth-order valence-corrected chi connectivity index (χ4v) is 2.70. The Morgan fingerprint density at radius 1 is 1.19 bits per heavy atom. The number of nitrogens with zero attached hydrogens (tertiary/aromatic N) is 1. The second-order valence-corrected chi connectivity index (χ2v) is 5.98. The van der Waals surface area contributed by atoms with Gasteiger partial charge in [0.05, 0.1) is 32.4 Å². The molecule has 7 nitrogen and oxygen atoms in total. The number of methoxy groups -OCH3 is 2. The standard InChI is InChI=1S/C19H24N2O5/c1-12-16(13(2)26-21-12)9-10-18(22)20-17(11-19(23)25-4)14-5-7-15(24-3)8-6-14/h5-8,17H,9-11H2,1-4H3,(H,20,22). The van der Waals surface area contributed by atoms with Gasteiger partial charge in [0.1, 0.15) is 11.5 Å². The normalized spacial score (nSPS) is 11.7. The highest BCUT2D eigenvalue weighted by atomic mass is 16.5. The van der Waals surface area contributed by atoms with Crippen molar-refractivity contribution in [3.63, 3.8) is 0 Å². The highest BCUT2D eigenvalue weighted by Crippen LogP contribution is 2.21. The van der Waals surface area contributed by atoms with Gasteiger partial charge in [-0.1, -0.05) is 17.3 Å². The van der Waals surface area contributed by atoms with Crippen molar-refractivity contribution in [1.82, 2.24) is 10.5 Å². The first-order valence-corrected chi connectivity index (χ1v) is 8.36. The summed E-state index contributed by atoms with van der Waals surface area (Å²) in [6.07, 6.45) is 0.858. The van der Waals surface area contributed by atoms with E-state index in [0.29, 0.717) is 12.2 Å². The van der Waals surface area contributed by atoms with E-state index >= 15 is 0 Å². The van der Waals surface area contributed by atoms with Crippen molar-refractivity contribution in [3.05, 3.63) is 46.8 Å². The molecule has 0 bridgehead atoms. The van der Waals surface area contributed by atoms with E-state index in [2.05, 4.69) is 10.5 Å². The lowest BCUT2D eigenvalue weighted by Crippen LogP contribution is -2.30. The summed E-state index contributed by atoms with van der Waals surface area (Å²) in [4.78, 5) is 24.1. The van der Waals surface area contributed by atoms with Gasteiger partial charge < -0.3 is 19.3 Å². The van der Waals surface area contributed by atoms with E-state index < -0.39 is 12.0 Å².